The molecule has 5 nitrogen and oxygen atoms in total. The largest absolute Gasteiger partial charge is 0.461 e. The SMILES string of the molecule is CCc1oc2ccccc2c1CN(C)C(=O)C1CCCN1C(C)=O. The van der Waals surface area contributed by atoms with Gasteiger partial charge in [0.2, 0.25) is 11.8 Å². The lowest BCUT2D eigenvalue weighted by Gasteiger charge is -2.27. The van der Waals surface area contributed by atoms with Gasteiger partial charge in [-0.2, -0.15) is 0 Å². The molecular weight excluding hydrogens is 304 g/mol. The summed E-state index contributed by atoms with van der Waals surface area (Å²) in [5.41, 5.74) is 1.92. The van der Waals surface area contributed by atoms with Crippen LogP contribution < -0.4 is 0 Å². The van der Waals surface area contributed by atoms with Crippen LogP contribution in [0.2, 0.25) is 0 Å². The summed E-state index contributed by atoms with van der Waals surface area (Å²) in [6, 6.07) is 7.59. The number of carbonyl (C=O) groups excluding carboxylic acids is 2. The molecule has 1 fully saturated rings. The number of nitrogens with zero attached hydrogens (tertiary/aromatic N) is 2. The normalized spacial score (nSPS) is 17.5. The molecule has 1 unspecified atom stereocenters. The van der Waals surface area contributed by atoms with Gasteiger partial charge in [0.05, 0.1) is 0 Å². The van der Waals surface area contributed by atoms with Gasteiger partial charge in [-0.1, -0.05) is 25.1 Å². The van der Waals surface area contributed by atoms with E-state index < -0.39 is 0 Å². The highest BCUT2D eigenvalue weighted by Gasteiger charge is 2.34. The van der Waals surface area contributed by atoms with Crippen molar-refractivity contribution in [2.75, 3.05) is 13.6 Å². The third-order valence-corrected chi connectivity index (χ3v) is 4.82. The number of likely N-dealkylation sites (N-methyl/N-ethyl adjacent to an activating group) is 1. The lowest BCUT2D eigenvalue weighted by atomic mass is 10.1. The number of aryl methyl sites for hydroxylation is 1. The molecule has 1 atom stereocenters. The molecule has 0 spiro atoms. The predicted octanol–water partition coefficient (Wildman–Crippen LogP) is 2.96. The lowest BCUT2D eigenvalue weighted by molar-refractivity contribution is -0.142. The quantitative estimate of drug-likeness (QED) is 0.867. The summed E-state index contributed by atoms with van der Waals surface area (Å²) in [5, 5.41) is 1.06. The number of rotatable bonds is 4. The van der Waals surface area contributed by atoms with E-state index in [1.807, 2.05) is 24.3 Å². The van der Waals surface area contributed by atoms with Crippen LogP contribution in [0.25, 0.3) is 11.0 Å². The molecular formula is C19H24N2O3. The first-order valence-electron chi connectivity index (χ1n) is 8.54. The minimum absolute atomic E-state index is 0.00929. The van der Waals surface area contributed by atoms with E-state index >= 15 is 0 Å². The van der Waals surface area contributed by atoms with Gasteiger partial charge < -0.3 is 14.2 Å². The molecule has 0 radical (unpaired) electrons. The molecule has 0 saturated carbocycles. The summed E-state index contributed by atoms with van der Waals surface area (Å²) < 4.78 is 5.91. The first kappa shape index (κ1) is 16.6. The van der Waals surface area contributed by atoms with E-state index in [4.69, 9.17) is 4.42 Å². The van der Waals surface area contributed by atoms with Gasteiger partial charge in [0.25, 0.3) is 0 Å². The van der Waals surface area contributed by atoms with Gasteiger partial charge in [-0.15, -0.1) is 0 Å². The van der Waals surface area contributed by atoms with Crippen LogP contribution in [0, 0.1) is 0 Å². The summed E-state index contributed by atoms with van der Waals surface area (Å²) in [5.74, 6) is 0.906. The molecule has 0 N–H and O–H groups in total. The molecule has 0 bridgehead atoms. The highest BCUT2D eigenvalue weighted by atomic mass is 16.3. The van der Waals surface area contributed by atoms with Crippen LogP contribution >= 0.6 is 0 Å². The Kier molecular flexibility index (Phi) is 4.60. The maximum atomic E-state index is 12.8. The van der Waals surface area contributed by atoms with E-state index in [0.29, 0.717) is 13.1 Å². The molecule has 1 aliphatic heterocycles. The van der Waals surface area contributed by atoms with E-state index in [-0.39, 0.29) is 17.9 Å². The Morgan fingerprint density at radius 1 is 1.33 bits per heavy atom. The second-order valence-electron chi connectivity index (χ2n) is 6.42. The van der Waals surface area contributed by atoms with Gasteiger partial charge in [0.15, 0.2) is 0 Å². The number of carbonyl (C=O) groups is 2. The minimum Gasteiger partial charge on any atom is -0.461 e. The van der Waals surface area contributed by atoms with Gasteiger partial charge in [-0.25, -0.2) is 0 Å². The molecule has 1 aliphatic rings. The highest BCUT2D eigenvalue weighted by Crippen LogP contribution is 2.28. The van der Waals surface area contributed by atoms with Gasteiger partial charge in [-0.3, -0.25) is 9.59 Å². The first-order valence-corrected chi connectivity index (χ1v) is 8.54. The van der Waals surface area contributed by atoms with Crippen LogP contribution in [0.5, 0.6) is 0 Å². The zero-order valence-corrected chi connectivity index (χ0v) is 14.5. The number of benzene rings is 1. The molecule has 0 aliphatic carbocycles. The van der Waals surface area contributed by atoms with Crippen molar-refractivity contribution in [1.82, 2.24) is 9.80 Å². The van der Waals surface area contributed by atoms with Crippen LogP contribution in [0.1, 0.15) is 38.0 Å². The summed E-state index contributed by atoms with van der Waals surface area (Å²) in [6.07, 6.45) is 2.42. The molecule has 2 amide bonds. The molecule has 1 aromatic heterocycles. The van der Waals surface area contributed by atoms with E-state index in [0.717, 1.165) is 41.6 Å². The van der Waals surface area contributed by atoms with Crippen molar-refractivity contribution in [2.45, 2.75) is 45.7 Å². The van der Waals surface area contributed by atoms with Crippen molar-refractivity contribution in [2.24, 2.45) is 0 Å². The Labute approximate surface area is 142 Å². The third kappa shape index (κ3) is 2.90. The molecule has 2 aromatic rings. The van der Waals surface area contributed by atoms with Crippen LogP contribution in [-0.4, -0.2) is 41.2 Å². The summed E-state index contributed by atoms with van der Waals surface area (Å²) in [6.45, 7) is 4.76. The fraction of sp³-hybridized carbons (Fsp3) is 0.474. The van der Waals surface area contributed by atoms with Crippen LogP contribution in [0.15, 0.2) is 28.7 Å². The second kappa shape index (κ2) is 6.67. The molecule has 128 valence electrons. The Morgan fingerprint density at radius 3 is 2.79 bits per heavy atom. The van der Waals surface area contributed by atoms with E-state index in [1.54, 1.807) is 16.8 Å². The number of hydrogen-bond donors (Lipinski definition) is 0. The minimum atomic E-state index is -0.323. The molecule has 3 rings (SSSR count). The third-order valence-electron chi connectivity index (χ3n) is 4.82. The van der Waals surface area contributed by atoms with Crippen LogP contribution in [0.4, 0.5) is 0 Å². The van der Waals surface area contributed by atoms with Crippen molar-refractivity contribution in [3.05, 3.63) is 35.6 Å². The van der Waals surface area contributed by atoms with Crippen LogP contribution in [-0.2, 0) is 22.6 Å². The van der Waals surface area contributed by atoms with Crippen molar-refractivity contribution in [3.63, 3.8) is 0 Å². The fourth-order valence-electron chi connectivity index (χ4n) is 3.58. The average molecular weight is 328 g/mol. The number of para-hydroxylation sites is 1. The van der Waals surface area contributed by atoms with Crippen molar-refractivity contribution in [1.29, 1.82) is 0 Å². The number of likely N-dealkylation sites (tertiary alicyclic amines) is 1. The molecule has 2 heterocycles. The van der Waals surface area contributed by atoms with Crippen molar-refractivity contribution < 1.29 is 14.0 Å². The molecule has 24 heavy (non-hydrogen) atoms. The first-order chi connectivity index (χ1) is 11.5. The smallest absolute Gasteiger partial charge is 0.245 e. The standard InChI is InChI=1S/C19H24N2O3/c1-4-17-15(14-8-5-6-10-18(14)24-17)12-20(3)19(23)16-9-7-11-21(16)13(2)22/h5-6,8,10,16H,4,7,9,11-12H2,1-3H3. The average Bonchev–Trinajstić information content (AvgIpc) is 3.19. The lowest BCUT2D eigenvalue weighted by Crippen LogP contribution is -2.45. The summed E-state index contributed by atoms with van der Waals surface area (Å²) >= 11 is 0. The number of fused-ring (bicyclic) bond motifs is 1. The van der Waals surface area contributed by atoms with E-state index in [1.165, 1.54) is 6.92 Å². The summed E-state index contributed by atoms with van der Waals surface area (Å²) in [7, 11) is 1.81. The van der Waals surface area contributed by atoms with Gasteiger partial charge in [0.1, 0.15) is 17.4 Å². The monoisotopic (exact) mass is 328 g/mol. The van der Waals surface area contributed by atoms with Crippen LogP contribution in [0.3, 0.4) is 0 Å². The zero-order valence-electron chi connectivity index (χ0n) is 14.5. The zero-order chi connectivity index (χ0) is 17.3. The van der Waals surface area contributed by atoms with Gasteiger partial charge >= 0.3 is 0 Å². The van der Waals surface area contributed by atoms with Gasteiger partial charge in [0, 0.05) is 44.4 Å². The van der Waals surface area contributed by atoms with Crippen molar-refractivity contribution in [3.8, 4) is 0 Å². The second-order valence-corrected chi connectivity index (χ2v) is 6.42. The Balaban J connectivity index is 1.83. The van der Waals surface area contributed by atoms with Gasteiger partial charge in [-0.05, 0) is 18.9 Å². The Hall–Kier alpha value is -2.30. The maximum absolute atomic E-state index is 12.8. The van der Waals surface area contributed by atoms with Crippen molar-refractivity contribution >= 4 is 22.8 Å². The molecule has 5 heteroatoms. The maximum Gasteiger partial charge on any atom is 0.245 e. The fourth-order valence-corrected chi connectivity index (χ4v) is 3.58. The number of amides is 2. The number of furan rings is 1. The van der Waals surface area contributed by atoms with E-state index in [2.05, 4.69) is 6.92 Å². The predicted molar refractivity (Wildman–Crippen MR) is 92.5 cm³/mol. The summed E-state index contributed by atoms with van der Waals surface area (Å²) in [4.78, 5) is 28.0. The topological polar surface area (TPSA) is 53.8 Å². The Morgan fingerprint density at radius 2 is 2.08 bits per heavy atom. The Bertz CT molecular complexity index is 765. The number of hydrogen-bond acceptors (Lipinski definition) is 3. The molecule has 1 saturated heterocycles. The van der Waals surface area contributed by atoms with E-state index in [9.17, 15) is 9.59 Å². The molecule has 1 aromatic carbocycles. The highest BCUT2D eigenvalue weighted by molar-refractivity contribution is 5.88.